The first-order valence-corrected chi connectivity index (χ1v) is 4.46. The van der Waals surface area contributed by atoms with Crippen LogP contribution in [0.2, 0.25) is 0 Å². The molecule has 1 rings (SSSR count). The minimum Gasteiger partial charge on any atom is -0.356 e. The van der Waals surface area contributed by atoms with Crippen LogP contribution in [0.4, 0.5) is 0 Å². The van der Waals surface area contributed by atoms with Crippen molar-refractivity contribution in [2.75, 3.05) is 13.1 Å². The van der Waals surface area contributed by atoms with E-state index in [1.54, 1.807) is 0 Å². The Kier molecular flexibility index (Phi) is 5.47. The summed E-state index contributed by atoms with van der Waals surface area (Å²) in [5, 5.41) is 14.8. The van der Waals surface area contributed by atoms with E-state index in [1.165, 1.54) is 13.0 Å². The number of hydrogen-bond donors (Lipinski definition) is 0. The van der Waals surface area contributed by atoms with Gasteiger partial charge in [-0.3, -0.25) is 4.48 Å². The van der Waals surface area contributed by atoms with Crippen molar-refractivity contribution < 1.29 is 9.57 Å². The molecule has 6 heteroatoms. The predicted octanol–water partition coefficient (Wildman–Crippen LogP) is 1.51. The van der Waals surface area contributed by atoms with E-state index in [2.05, 4.69) is 25.0 Å². The molecule has 0 spiro atoms. The Hall–Kier alpha value is -1.43. The van der Waals surface area contributed by atoms with Crippen LogP contribution < -0.4 is 0 Å². The lowest BCUT2D eigenvalue weighted by Crippen LogP contribution is -2.39. The van der Waals surface area contributed by atoms with Crippen LogP contribution in [0.3, 0.4) is 0 Å². The molecule has 1 heterocycles. The molecule has 1 unspecified atom stereocenters. The highest BCUT2D eigenvalue weighted by molar-refractivity contribution is 5.50. The Morgan fingerprint density at radius 2 is 2.00 bits per heavy atom. The molecule has 1 atom stereocenters. The van der Waals surface area contributed by atoms with E-state index in [0.29, 0.717) is 0 Å². The number of hydrogen-bond acceptors (Lipinski definition) is 4. The highest BCUT2D eigenvalue weighted by Gasteiger charge is 2.21. The highest BCUT2D eigenvalue weighted by atomic mass is 16.9. The lowest BCUT2D eigenvalue weighted by molar-refractivity contribution is -0.777. The Balaban J connectivity index is 0.000000364. The summed E-state index contributed by atoms with van der Waals surface area (Å²) in [6.45, 7) is 6.69. The van der Waals surface area contributed by atoms with E-state index in [1.807, 2.05) is 12.5 Å². The molecule has 0 amide bonds. The second kappa shape index (κ2) is 6.09. The molecule has 6 nitrogen and oxygen atoms in total. The van der Waals surface area contributed by atoms with E-state index < -0.39 is 5.09 Å². The summed E-state index contributed by atoms with van der Waals surface area (Å²) in [5.41, 5.74) is 0. The van der Waals surface area contributed by atoms with Crippen molar-refractivity contribution in [2.45, 2.75) is 20.3 Å². The topological polar surface area (TPSA) is 78.6 Å². The molecular weight excluding hydrogens is 186 g/mol. The average Bonchev–Trinajstić information content (AvgIpc) is 2.53. The number of quaternary nitrogens is 1. The van der Waals surface area contributed by atoms with Gasteiger partial charge in [0.2, 0.25) is 0 Å². The number of rotatable bonds is 3. The Morgan fingerprint density at radius 1 is 1.43 bits per heavy atom. The van der Waals surface area contributed by atoms with Crippen molar-refractivity contribution in [1.29, 1.82) is 0 Å². The largest absolute Gasteiger partial charge is 0.356 e. The van der Waals surface area contributed by atoms with Crippen LogP contribution >= 0.6 is 0 Å². The van der Waals surface area contributed by atoms with Gasteiger partial charge in [0.05, 0.1) is 24.4 Å². The monoisotopic (exact) mass is 201 g/mol. The van der Waals surface area contributed by atoms with Crippen molar-refractivity contribution in [1.82, 2.24) is 0 Å². The molecule has 0 saturated carbocycles. The Bertz CT molecular complexity index is 222. The van der Waals surface area contributed by atoms with Gasteiger partial charge < -0.3 is 15.3 Å². The van der Waals surface area contributed by atoms with Gasteiger partial charge >= 0.3 is 0 Å². The van der Waals surface area contributed by atoms with E-state index >= 15 is 0 Å². The SMILES string of the molecule is CCC[N+]1(CC)C=CN=C1.O=[N+]([O-])[O-]. The summed E-state index contributed by atoms with van der Waals surface area (Å²) >= 11 is 0. The van der Waals surface area contributed by atoms with Crippen LogP contribution in [0.15, 0.2) is 17.4 Å². The molecule has 80 valence electrons. The molecule has 1 aliphatic rings. The fourth-order valence-electron chi connectivity index (χ4n) is 1.27. The smallest absolute Gasteiger partial charge is 0.194 e. The lowest BCUT2D eigenvalue weighted by atomic mass is 10.3. The van der Waals surface area contributed by atoms with E-state index in [-0.39, 0.29) is 0 Å². The first kappa shape index (κ1) is 12.6. The summed E-state index contributed by atoms with van der Waals surface area (Å²) in [6.07, 6.45) is 7.27. The quantitative estimate of drug-likeness (QED) is 0.394. The van der Waals surface area contributed by atoms with E-state index in [4.69, 9.17) is 15.3 Å². The van der Waals surface area contributed by atoms with Crippen LogP contribution in [-0.2, 0) is 0 Å². The first-order chi connectivity index (χ1) is 6.56. The minimum absolute atomic E-state index is 0.941. The zero-order valence-electron chi connectivity index (χ0n) is 8.42. The molecule has 0 aromatic carbocycles. The van der Waals surface area contributed by atoms with Crippen LogP contribution in [0, 0.1) is 15.3 Å². The molecule has 0 aliphatic carbocycles. The van der Waals surface area contributed by atoms with E-state index in [9.17, 15) is 0 Å². The van der Waals surface area contributed by atoms with Gasteiger partial charge in [-0.15, -0.1) is 0 Å². The number of aliphatic imine (C=N–C) groups is 1. The molecule has 0 aromatic heterocycles. The van der Waals surface area contributed by atoms with Crippen molar-refractivity contribution in [2.24, 2.45) is 4.99 Å². The fraction of sp³-hybridized carbons (Fsp3) is 0.625. The zero-order valence-corrected chi connectivity index (χ0v) is 8.42. The van der Waals surface area contributed by atoms with Gasteiger partial charge in [-0.2, -0.15) is 0 Å². The summed E-state index contributed by atoms with van der Waals surface area (Å²) in [7, 11) is 0. The molecule has 0 saturated heterocycles. The maximum Gasteiger partial charge on any atom is 0.194 e. The Morgan fingerprint density at radius 3 is 2.29 bits per heavy atom. The third-order valence-electron chi connectivity index (χ3n) is 1.97. The lowest BCUT2D eigenvalue weighted by Gasteiger charge is -2.24. The van der Waals surface area contributed by atoms with Gasteiger partial charge in [-0.05, 0) is 13.3 Å². The van der Waals surface area contributed by atoms with Crippen LogP contribution in [0.25, 0.3) is 0 Å². The molecule has 0 fully saturated rings. The summed E-state index contributed by atoms with van der Waals surface area (Å²) in [5.74, 6) is 0. The second-order valence-electron chi connectivity index (χ2n) is 2.93. The normalized spacial score (nSPS) is 23.0. The van der Waals surface area contributed by atoms with Gasteiger partial charge in [-0.1, -0.05) is 6.92 Å². The molecule has 14 heavy (non-hydrogen) atoms. The first-order valence-electron chi connectivity index (χ1n) is 4.46. The second-order valence-corrected chi connectivity index (χ2v) is 2.93. The third kappa shape index (κ3) is 4.56. The summed E-state index contributed by atoms with van der Waals surface area (Å²) in [6, 6.07) is 0. The average molecular weight is 201 g/mol. The van der Waals surface area contributed by atoms with Crippen molar-refractivity contribution in [3.05, 3.63) is 27.7 Å². The van der Waals surface area contributed by atoms with Crippen molar-refractivity contribution in [3.8, 4) is 0 Å². The van der Waals surface area contributed by atoms with Crippen LogP contribution in [0.5, 0.6) is 0 Å². The maximum atomic E-state index is 8.25. The van der Waals surface area contributed by atoms with Gasteiger partial charge in [-0.25, -0.2) is 4.99 Å². The van der Waals surface area contributed by atoms with Gasteiger partial charge in [0.15, 0.2) is 6.34 Å². The number of nitrogens with zero attached hydrogens (tertiary/aromatic N) is 3. The predicted molar refractivity (Wildman–Crippen MR) is 54.0 cm³/mol. The fourth-order valence-corrected chi connectivity index (χ4v) is 1.27. The maximum absolute atomic E-state index is 8.25. The van der Waals surface area contributed by atoms with Crippen molar-refractivity contribution in [3.63, 3.8) is 0 Å². The van der Waals surface area contributed by atoms with Crippen molar-refractivity contribution >= 4 is 6.34 Å². The molecular formula is C8H15N3O3. The highest BCUT2D eigenvalue weighted by Crippen LogP contribution is 2.10. The molecule has 0 aromatic rings. The summed E-state index contributed by atoms with van der Waals surface area (Å²) in [4.78, 5) is 12.3. The van der Waals surface area contributed by atoms with Gasteiger partial charge in [0, 0.05) is 0 Å². The Labute approximate surface area is 82.9 Å². The molecule has 0 radical (unpaired) electrons. The molecule has 1 aliphatic heterocycles. The standard InChI is InChI=1S/C8H15N2.NO3/c1-3-6-10(4-2)7-5-9-8-10;2-1(3)4/h5,7-8H,3-4,6H2,1-2H3;/q+1;-1. The van der Waals surface area contributed by atoms with E-state index in [0.717, 1.165) is 11.0 Å². The summed E-state index contributed by atoms with van der Waals surface area (Å²) < 4.78 is 0.941. The minimum atomic E-state index is -1.75. The van der Waals surface area contributed by atoms with Crippen LogP contribution in [-0.4, -0.2) is 29.0 Å². The van der Waals surface area contributed by atoms with Gasteiger partial charge in [0.25, 0.3) is 0 Å². The molecule has 0 N–H and O–H groups in total. The molecule has 0 bridgehead atoms. The zero-order chi connectivity index (χ0) is 11.0. The third-order valence-corrected chi connectivity index (χ3v) is 1.97. The van der Waals surface area contributed by atoms with Crippen LogP contribution in [0.1, 0.15) is 20.3 Å². The van der Waals surface area contributed by atoms with Gasteiger partial charge in [0.1, 0.15) is 6.20 Å².